The number of hydrogen-bond donors (Lipinski definition) is 1. The van der Waals surface area contributed by atoms with E-state index in [-0.39, 0.29) is 0 Å². The molecule has 4 heteroatoms. The van der Waals surface area contributed by atoms with E-state index >= 15 is 0 Å². The van der Waals surface area contributed by atoms with Gasteiger partial charge in [0.1, 0.15) is 5.75 Å². The lowest BCUT2D eigenvalue weighted by Crippen LogP contribution is -2.38. The summed E-state index contributed by atoms with van der Waals surface area (Å²) in [5, 5.41) is 13.0. The molecule has 1 aliphatic heterocycles. The number of carbonyl (C=O) groups is 2. The van der Waals surface area contributed by atoms with E-state index in [1.54, 1.807) is 0 Å². The largest absolute Gasteiger partial charge is 0.480 e. The van der Waals surface area contributed by atoms with Gasteiger partial charge < -0.3 is 9.84 Å². The SMILES string of the molecule is C[C@]1(C(=O)O)C(=O)Oc2c1c1ccccc1c1ccccc21. The minimum Gasteiger partial charge on any atom is -0.480 e. The normalized spacial score (nSPS) is 20.1. The summed E-state index contributed by atoms with van der Waals surface area (Å²) in [5.41, 5.74) is -1.24. The predicted octanol–water partition coefficient (Wildman–Crippen LogP) is 3.25. The van der Waals surface area contributed by atoms with E-state index in [9.17, 15) is 14.7 Å². The molecule has 0 spiro atoms. The van der Waals surface area contributed by atoms with E-state index in [0.29, 0.717) is 11.3 Å². The summed E-state index contributed by atoms with van der Waals surface area (Å²) < 4.78 is 5.39. The zero-order chi connectivity index (χ0) is 15.5. The summed E-state index contributed by atoms with van der Waals surface area (Å²) in [6.07, 6.45) is 0. The maximum Gasteiger partial charge on any atom is 0.333 e. The third-order valence-corrected chi connectivity index (χ3v) is 4.42. The Hall–Kier alpha value is -2.88. The summed E-state index contributed by atoms with van der Waals surface area (Å²) >= 11 is 0. The quantitative estimate of drug-likeness (QED) is 0.323. The molecule has 0 saturated heterocycles. The van der Waals surface area contributed by atoms with Crippen molar-refractivity contribution in [1.82, 2.24) is 0 Å². The van der Waals surface area contributed by atoms with Crippen molar-refractivity contribution in [3.8, 4) is 5.75 Å². The molecule has 1 N–H and O–H groups in total. The van der Waals surface area contributed by atoms with Crippen LogP contribution in [-0.4, -0.2) is 17.0 Å². The van der Waals surface area contributed by atoms with Crippen LogP contribution in [0.2, 0.25) is 0 Å². The first kappa shape index (κ1) is 12.8. The molecule has 0 aromatic heterocycles. The van der Waals surface area contributed by atoms with Crippen LogP contribution in [0.1, 0.15) is 12.5 Å². The number of aliphatic carboxylic acids is 1. The van der Waals surface area contributed by atoms with Gasteiger partial charge >= 0.3 is 11.9 Å². The molecule has 1 heterocycles. The Morgan fingerprint density at radius 3 is 2.05 bits per heavy atom. The van der Waals surface area contributed by atoms with Gasteiger partial charge in [-0.3, -0.25) is 9.59 Å². The van der Waals surface area contributed by atoms with Crippen LogP contribution in [0.3, 0.4) is 0 Å². The van der Waals surface area contributed by atoms with Crippen LogP contribution in [0.25, 0.3) is 21.5 Å². The second-order valence-electron chi connectivity index (χ2n) is 5.61. The van der Waals surface area contributed by atoms with Crippen LogP contribution in [0, 0.1) is 0 Å². The Balaban J connectivity index is 2.30. The first-order valence-electron chi connectivity index (χ1n) is 6.94. The number of carbonyl (C=O) groups excluding carboxylic acids is 1. The first-order valence-corrected chi connectivity index (χ1v) is 6.94. The second kappa shape index (κ2) is 4.07. The van der Waals surface area contributed by atoms with Gasteiger partial charge in [0, 0.05) is 10.9 Å². The highest BCUT2D eigenvalue weighted by Crippen LogP contribution is 2.49. The number of ether oxygens (including phenoxy) is 1. The van der Waals surface area contributed by atoms with Gasteiger partial charge in [-0.15, -0.1) is 0 Å². The Kier molecular flexibility index (Phi) is 2.37. The van der Waals surface area contributed by atoms with E-state index in [0.717, 1.165) is 21.5 Å². The van der Waals surface area contributed by atoms with Gasteiger partial charge in [-0.25, -0.2) is 0 Å². The van der Waals surface area contributed by atoms with Gasteiger partial charge in [0.15, 0.2) is 5.41 Å². The number of rotatable bonds is 1. The fourth-order valence-corrected chi connectivity index (χ4v) is 3.20. The summed E-state index contributed by atoms with van der Waals surface area (Å²) in [5.74, 6) is -1.57. The Morgan fingerprint density at radius 1 is 0.955 bits per heavy atom. The zero-order valence-electron chi connectivity index (χ0n) is 11.8. The molecule has 3 aromatic rings. The van der Waals surface area contributed by atoms with Crippen molar-refractivity contribution < 1.29 is 19.4 Å². The lowest BCUT2D eigenvalue weighted by molar-refractivity contribution is -0.152. The number of carboxylic acid groups (broad SMARTS) is 1. The Labute approximate surface area is 125 Å². The number of hydrogen-bond acceptors (Lipinski definition) is 3. The highest BCUT2D eigenvalue weighted by atomic mass is 16.5. The van der Waals surface area contributed by atoms with E-state index < -0.39 is 17.4 Å². The van der Waals surface area contributed by atoms with Crippen LogP contribution in [-0.2, 0) is 15.0 Å². The van der Waals surface area contributed by atoms with Crippen molar-refractivity contribution in [2.45, 2.75) is 12.3 Å². The number of benzene rings is 3. The molecule has 4 nitrogen and oxygen atoms in total. The van der Waals surface area contributed by atoms with Crippen molar-refractivity contribution in [1.29, 1.82) is 0 Å². The first-order chi connectivity index (χ1) is 10.5. The van der Waals surface area contributed by atoms with Gasteiger partial charge in [-0.1, -0.05) is 48.5 Å². The molecule has 1 aliphatic rings. The van der Waals surface area contributed by atoms with Gasteiger partial charge in [-0.2, -0.15) is 0 Å². The summed E-state index contributed by atoms with van der Waals surface area (Å²) in [4.78, 5) is 24.1. The van der Waals surface area contributed by atoms with Crippen LogP contribution < -0.4 is 4.74 Å². The fourth-order valence-electron chi connectivity index (χ4n) is 3.20. The molecule has 1 atom stereocenters. The van der Waals surface area contributed by atoms with E-state index in [4.69, 9.17) is 4.74 Å². The molecule has 0 aliphatic carbocycles. The summed E-state index contributed by atoms with van der Waals surface area (Å²) in [7, 11) is 0. The zero-order valence-corrected chi connectivity index (χ0v) is 11.8. The predicted molar refractivity (Wildman–Crippen MR) is 82.1 cm³/mol. The number of esters is 1. The van der Waals surface area contributed by atoms with Crippen molar-refractivity contribution >= 4 is 33.5 Å². The van der Waals surface area contributed by atoms with Crippen molar-refractivity contribution in [3.63, 3.8) is 0 Å². The highest BCUT2D eigenvalue weighted by molar-refractivity contribution is 6.21. The van der Waals surface area contributed by atoms with E-state index in [1.807, 2.05) is 48.5 Å². The highest BCUT2D eigenvalue weighted by Gasteiger charge is 2.53. The lowest BCUT2D eigenvalue weighted by atomic mass is 9.80. The molecule has 4 rings (SSSR count). The standard InChI is InChI=1S/C18H12O4/c1-18(16(19)20)14-12-8-4-2-6-10(12)11-7-3-5-9-13(11)15(14)22-17(18)21/h2-9H,1H3,(H,19,20)/t18-/m0/s1. The maximum absolute atomic E-state index is 12.3. The molecular formula is C18H12O4. The minimum absolute atomic E-state index is 0.365. The average molecular weight is 292 g/mol. The number of carboxylic acids is 1. The van der Waals surface area contributed by atoms with Crippen molar-refractivity contribution in [2.24, 2.45) is 0 Å². The molecule has 0 bridgehead atoms. The van der Waals surface area contributed by atoms with Crippen LogP contribution in [0.15, 0.2) is 48.5 Å². The van der Waals surface area contributed by atoms with Crippen molar-refractivity contribution in [2.75, 3.05) is 0 Å². The van der Waals surface area contributed by atoms with Gasteiger partial charge in [-0.05, 0) is 23.1 Å². The summed E-state index contributed by atoms with van der Waals surface area (Å²) in [6.45, 7) is 1.41. The molecular weight excluding hydrogens is 280 g/mol. The fraction of sp³-hybridized carbons (Fsp3) is 0.111. The molecule has 108 valence electrons. The third kappa shape index (κ3) is 1.36. The molecule has 0 radical (unpaired) electrons. The molecule has 0 amide bonds. The van der Waals surface area contributed by atoms with Crippen LogP contribution >= 0.6 is 0 Å². The van der Waals surface area contributed by atoms with Crippen LogP contribution in [0.5, 0.6) is 5.75 Å². The minimum atomic E-state index is -1.68. The third-order valence-electron chi connectivity index (χ3n) is 4.42. The lowest BCUT2D eigenvalue weighted by Gasteiger charge is -2.17. The molecule has 0 unspecified atom stereocenters. The second-order valence-corrected chi connectivity index (χ2v) is 5.61. The molecule has 3 aromatic carbocycles. The Bertz CT molecular complexity index is 973. The number of fused-ring (bicyclic) bond motifs is 6. The smallest absolute Gasteiger partial charge is 0.333 e. The topological polar surface area (TPSA) is 63.6 Å². The molecule has 22 heavy (non-hydrogen) atoms. The molecule has 0 fully saturated rings. The maximum atomic E-state index is 12.3. The Morgan fingerprint density at radius 2 is 1.45 bits per heavy atom. The van der Waals surface area contributed by atoms with Gasteiger partial charge in [0.05, 0.1) is 0 Å². The van der Waals surface area contributed by atoms with Crippen LogP contribution in [0.4, 0.5) is 0 Å². The van der Waals surface area contributed by atoms with Gasteiger partial charge in [0.25, 0.3) is 0 Å². The van der Waals surface area contributed by atoms with Crippen molar-refractivity contribution in [3.05, 3.63) is 54.1 Å². The average Bonchev–Trinajstić information content (AvgIpc) is 2.81. The van der Waals surface area contributed by atoms with E-state index in [1.165, 1.54) is 6.92 Å². The van der Waals surface area contributed by atoms with Gasteiger partial charge in [0.2, 0.25) is 0 Å². The molecule has 0 saturated carbocycles. The van der Waals surface area contributed by atoms with E-state index in [2.05, 4.69) is 0 Å². The monoisotopic (exact) mass is 292 g/mol. The summed E-state index contributed by atoms with van der Waals surface area (Å²) in [6, 6.07) is 15.1.